The SMILES string of the molecule is CN=C(NCCCCCOC)NC(C)c1ccc(OCC(C)C)cc1.I. The first-order valence-electron chi connectivity index (χ1n) is 9.25. The van der Waals surface area contributed by atoms with Crippen molar-refractivity contribution in [2.24, 2.45) is 10.9 Å². The molecule has 1 rings (SSSR count). The zero-order valence-electron chi connectivity index (χ0n) is 16.9. The van der Waals surface area contributed by atoms with Gasteiger partial charge in [0.15, 0.2) is 5.96 Å². The van der Waals surface area contributed by atoms with Crippen molar-refractivity contribution in [1.29, 1.82) is 0 Å². The Kier molecular flexibility index (Phi) is 14.5. The van der Waals surface area contributed by atoms with Gasteiger partial charge in [-0.05, 0) is 49.8 Å². The van der Waals surface area contributed by atoms with Crippen LogP contribution in [-0.4, -0.2) is 39.9 Å². The van der Waals surface area contributed by atoms with Gasteiger partial charge < -0.3 is 20.1 Å². The summed E-state index contributed by atoms with van der Waals surface area (Å²) in [5, 5.41) is 6.79. The van der Waals surface area contributed by atoms with Crippen LogP contribution in [-0.2, 0) is 4.74 Å². The normalized spacial score (nSPS) is 12.5. The lowest BCUT2D eigenvalue weighted by Gasteiger charge is -2.19. The fourth-order valence-corrected chi connectivity index (χ4v) is 2.35. The Morgan fingerprint density at radius 3 is 2.35 bits per heavy atom. The van der Waals surface area contributed by atoms with Crippen LogP contribution in [0.25, 0.3) is 0 Å². The molecule has 6 heteroatoms. The van der Waals surface area contributed by atoms with Crippen molar-refractivity contribution in [3.05, 3.63) is 29.8 Å². The van der Waals surface area contributed by atoms with E-state index in [1.807, 2.05) is 12.1 Å². The Hall–Kier alpha value is -1.02. The van der Waals surface area contributed by atoms with Crippen molar-refractivity contribution < 1.29 is 9.47 Å². The average Bonchev–Trinajstić information content (AvgIpc) is 2.62. The highest BCUT2D eigenvalue weighted by Gasteiger charge is 2.08. The van der Waals surface area contributed by atoms with Crippen molar-refractivity contribution in [1.82, 2.24) is 10.6 Å². The number of halogens is 1. The third kappa shape index (κ3) is 10.9. The number of benzene rings is 1. The van der Waals surface area contributed by atoms with E-state index in [2.05, 4.69) is 48.5 Å². The first-order valence-corrected chi connectivity index (χ1v) is 9.25. The standard InChI is InChI=1S/C20H35N3O2.HI/c1-16(2)15-25-19-11-9-18(10-12-19)17(3)23-20(21-4)22-13-7-6-8-14-24-5;/h9-12,16-17H,6-8,13-15H2,1-5H3,(H2,21,22,23);1H. The summed E-state index contributed by atoms with van der Waals surface area (Å²) in [6.45, 7) is 8.93. The lowest BCUT2D eigenvalue weighted by molar-refractivity contribution is 0.192. The number of ether oxygens (including phenoxy) is 2. The van der Waals surface area contributed by atoms with Crippen molar-refractivity contribution in [3.8, 4) is 5.75 Å². The second kappa shape index (κ2) is 15.1. The summed E-state index contributed by atoms with van der Waals surface area (Å²) in [5.41, 5.74) is 1.21. The van der Waals surface area contributed by atoms with Gasteiger partial charge in [0.05, 0.1) is 12.6 Å². The number of methoxy groups -OCH3 is 1. The van der Waals surface area contributed by atoms with Crippen LogP contribution in [0.4, 0.5) is 0 Å². The minimum absolute atomic E-state index is 0. The molecule has 1 aromatic carbocycles. The Morgan fingerprint density at radius 1 is 1.08 bits per heavy atom. The molecule has 0 radical (unpaired) electrons. The van der Waals surface area contributed by atoms with Crippen LogP contribution in [0.5, 0.6) is 5.75 Å². The third-order valence-electron chi connectivity index (χ3n) is 3.86. The molecule has 0 aromatic heterocycles. The van der Waals surface area contributed by atoms with Gasteiger partial charge in [0.25, 0.3) is 0 Å². The average molecular weight is 477 g/mol. The maximum absolute atomic E-state index is 5.73. The monoisotopic (exact) mass is 477 g/mol. The quantitative estimate of drug-likeness (QED) is 0.215. The fraction of sp³-hybridized carbons (Fsp3) is 0.650. The summed E-state index contributed by atoms with van der Waals surface area (Å²) in [5.74, 6) is 2.28. The topological polar surface area (TPSA) is 54.9 Å². The molecule has 0 heterocycles. The van der Waals surface area contributed by atoms with Gasteiger partial charge in [-0.2, -0.15) is 0 Å². The molecule has 0 amide bonds. The number of unbranched alkanes of at least 4 members (excludes halogenated alkanes) is 2. The molecule has 0 bridgehead atoms. The van der Waals surface area contributed by atoms with Crippen molar-refractivity contribution in [2.45, 2.75) is 46.1 Å². The molecule has 150 valence electrons. The van der Waals surface area contributed by atoms with Gasteiger partial charge in [0.2, 0.25) is 0 Å². The molecule has 1 aromatic rings. The van der Waals surface area contributed by atoms with E-state index in [0.717, 1.165) is 50.7 Å². The third-order valence-corrected chi connectivity index (χ3v) is 3.86. The molecule has 0 spiro atoms. The predicted molar refractivity (Wildman–Crippen MR) is 121 cm³/mol. The molecule has 0 aliphatic carbocycles. The number of hydrogen-bond acceptors (Lipinski definition) is 3. The summed E-state index contributed by atoms with van der Waals surface area (Å²) in [6.07, 6.45) is 3.37. The summed E-state index contributed by atoms with van der Waals surface area (Å²) in [4.78, 5) is 4.30. The number of aliphatic imine (C=N–C) groups is 1. The summed E-state index contributed by atoms with van der Waals surface area (Å²) < 4.78 is 10.8. The molecule has 0 saturated heterocycles. The molecule has 0 aliphatic heterocycles. The Balaban J connectivity index is 0.00000625. The van der Waals surface area contributed by atoms with Crippen LogP contribution in [0.1, 0.15) is 51.6 Å². The van der Waals surface area contributed by atoms with E-state index >= 15 is 0 Å². The number of hydrogen-bond donors (Lipinski definition) is 2. The Labute approximate surface area is 176 Å². The van der Waals surface area contributed by atoms with Gasteiger partial charge in [0, 0.05) is 27.3 Å². The molecule has 1 unspecified atom stereocenters. The van der Waals surface area contributed by atoms with Crippen LogP contribution >= 0.6 is 24.0 Å². The summed E-state index contributed by atoms with van der Waals surface area (Å²) in [7, 11) is 3.55. The predicted octanol–water partition coefficient (Wildman–Crippen LogP) is 4.38. The van der Waals surface area contributed by atoms with Crippen LogP contribution in [0.3, 0.4) is 0 Å². The smallest absolute Gasteiger partial charge is 0.191 e. The second-order valence-electron chi connectivity index (χ2n) is 6.69. The van der Waals surface area contributed by atoms with Crippen molar-refractivity contribution >= 4 is 29.9 Å². The van der Waals surface area contributed by atoms with Crippen LogP contribution < -0.4 is 15.4 Å². The lowest BCUT2D eigenvalue weighted by Crippen LogP contribution is -2.39. The minimum atomic E-state index is 0. The van der Waals surface area contributed by atoms with Gasteiger partial charge >= 0.3 is 0 Å². The van der Waals surface area contributed by atoms with Crippen LogP contribution in [0, 0.1) is 5.92 Å². The van der Waals surface area contributed by atoms with E-state index < -0.39 is 0 Å². The molecule has 5 nitrogen and oxygen atoms in total. The first-order chi connectivity index (χ1) is 12.1. The van der Waals surface area contributed by atoms with Gasteiger partial charge in [-0.15, -0.1) is 24.0 Å². The van der Waals surface area contributed by atoms with E-state index in [1.54, 1.807) is 14.2 Å². The summed E-state index contributed by atoms with van der Waals surface area (Å²) in [6, 6.07) is 8.44. The minimum Gasteiger partial charge on any atom is -0.493 e. The molecule has 0 fully saturated rings. The van der Waals surface area contributed by atoms with Crippen molar-refractivity contribution in [3.63, 3.8) is 0 Å². The zero-order valence-corrected chi connectivity index (χ0v) is 19.2. The van der Waals surface area contributed by atoms with E-state index in [1.165, 1.54) is 5.56 Å². The van der Waals surface area contributed by atoms with E-state index in [9.17, 15) is 0 Å². The molecule has 1 atom stereocenters. The molecule has 26 heavy (non-hydrogen) atoms. The highest BCUT2D eigenvalue weighted by atomic mass is 127. The Morgan fingerprint density at radius 2 is 1.77 bits per heavy atom. The van der Waals surface area contributed by atoms with Crippen LogP contribution in [0.15, 0.2) is 29.3 Å². The molecule has 0 aliphatic rings. The van der Waals surface area contributed by atoms with Gasteiger partial charge in [-0.3, -0.25) is 4.99 Å². The Bertz CT molecular complexity index is 492. The van der Waals surface area contributed by atoms with Crippen molar-refractivity contribution in [2.75, 3.05) is 33.9 Å². The highest BCUT2D eigenvalue weighted by Crippen LogP contribution is 2.18. The lowest BCUT2D eigenvalue weighted by atomic mass is 10.1. The molecular weight excluding hydrogens is 441 g/mol. The zero-order chi connectivity index (χ0) is 18.5. The molecule has 2 N–H and O–H groups in total. The molecular formula is C20H36IN3O2. The van der Waals surface area contributed by atoms with Gasteiger partial charge in [-0.1, -0.05) is 26.0 Å². The van der Waals surface area contributed by atoms with E-state index in [4.69, 9.17) is 9.47 Å². The molecule has 0 saturated carbocycles. The first kappa shape index (κ1) is 25.0. The number of nitrogens with one attached hydrogen (secondary N) is 2. The van der Waals surface area contributed by atoms with Gasteiger partial charge in [-0.25, -0.2) is 0 Å². The number of guanidine groups is 1. The van der Waals surface area contributed by atoms with E-state index in [-0.39, 0.29) is 30.0 Å². The highest BCUT2D eigenvalue weighted by molar-refractivity contribution is 14.0. The maximum Gasteiger partial charge on any atom is 0.191 e. The van der Waals surface area contributed by atoms with Crippen LogP contribution in [0.2, 0.25) is 0 Å². The fourth-order valence-electron chi connectivity index (χ4n) is 2.35. The maximum atomic E-state index is 5.73. The van der Waals surface area contributed by atoms with Gasteiger partial charge in [0.1, 0.15) is 5.75 Å². The number of rotatable bonds is 11. The number of nitrogens with zero attached hydrogens (tertiary/aromatic N) is 1. The van der Waals surface area contributed by atoms with E-state index in [0.29, 0.717) is 5.92 Å². The largest absolute Gasteiger partial charge is 0.493 e. The second-order valence-corrected chi connectivity index (χ2v) is 6.69. The summed E-state index contributed by atoms with van der Waals surface area (Å²) >= 11 is 0.